The van der Waals surface area contributed by atoms with Gasteiger partial charge in [-0.05, 0) is 13.8 Å². The molecule has 22 heavy (non-hydrogen) atoms. The van der Waals surface area contributed by atoms with E-state index in [-0.39, 0.29) is 17.7 Å². The molecule has 6 heteroatoms. The highest BCUT2D eigenvalue weighted by molar-refractivity contribution is 8.00. The fourth-order valence-corrected chi connectivity index (χ4v) is 2.70. The van der Waals surface area contributed by atoms with Gasteiger partial charge in [0.15, 0.2) is 11.0 Å². The third kappa shape index (κ3) is 3.68. The lowest BCUT2D eigenvalue weighted by molar-refractivity contribution is -0.120. The molecule has 1 atom stereocenters. The van der Waals surface area contributed by atoms with Gasteiger partial charge in [0, 0.05) is 12.6 Å². The third-order valence-electron chi connectivity index (χ3n) is 3.16. The molecule has 0 saturated carbocycles. The second-order valence-electron chi connectivity index (χ2n) is 4.91. The third-order valence-corrected chi connectivity index (χ3v) is 4.29. The van der Waals surface area contributed by atoms with Crippen LogP contribution in [0.2, 0.25) is 0 Å². The number of terminal acetylenes is 1. The van der Waals surface area contributed by atoms with Crippen molar-refractivity contribution in [1.82, 2.24) is 20.1 Å². The minimum absolute atomic E-state index is 0.108. The number of aryl methyl sites for hydroxylation is 1. The molecule has 0 bridgehead atoms. The quantitative estimate of drug-likeness (QED) is 0.677. The van der Waals surface area contributed by atoms with Crippen LogP contribution in [-0.2, 0) is 11.8 Å². The lowest BCUT2D eigenvalue weighted by Gasteiger charge is -2.10. The Morgan fingerprint density at radius 1 is 1.41 bits per heavy atom. The van der Waals surface area contributed by atoms with Crippen molar-refractivity contribution in [2.45, 2.75) is 24.3 Å². The second kappa shape index (κ2) is 7.14. The van der Waals surface area contributed by atoms with Crippen molar-refractivity contribution in [2.24, 2.45) is 7.05 Å². The van der Waals surface area contributed by atoms with Gasteiger partial charge >= 0.3 is 0 Å². The summed E-state index contributed by atoms with van der Waals surface area (Å²) < 4.78 is 1.89. The van der Waals surface area contributed by atoms with E-state index in [2.05, 4.69) is 21.4 Å². The van der Waals surface area contributed by atoms with Gasteiger partial charge in [-0.15, -0.1) is 16.6 Å². The maximum Gasteiger partial charge on any atom is 0.234 e. The summed E-state index contributed by atoms with van der Waals surface area (Å²) in [7, 11) is 1.89. The smallest absolute Gasteiger partial charge is 0.234 e. The highest BCUT2D eigenvalue weighted by Crippen LogP contribution is 2.25. The van der Waals surface area contributed by atoms with E-state index in [0.717, 1.165) is 11.4 Å². The monoisotopic (exact) mass is 314 g/mol. The van der Waals surface area contributed by atoms with Crippen LogP contribution in [0.5, 0.6) is 0 Å². The number of thioether (sulfide) groups is 1. The Bertz CT molecular complexity index is 700. The molecule has 0 aliphatic heterocycles. The van der Waals surface area contributed by atoms with Gasteiger partial charge in [-0.25, -0.2) is 0 Å². The van der Waals surface area contributed by atoms with Crippen LogP contribution in [0.1, 0.15) is 12.5 Å². The minimum atomic E-state index is -0.290. The number of nitrogens with zero attached hydrogens (tertiary/aromatic N) is 3. The summed E-state index contributed by atoms with van der Waals surface area (Å²) in [6.07, 6.45) is 5.13. The lowest BCUT2D eigenvalue weighted by Crippen LogP contribution is -2.31. The molecule has 5 nitrogen and oxygen atoms in total. The van der Waals surface area contributed by atoms with E-state index in [1.54, 1.807) is 0 Å². The number of carbonyl (C=O) groups is 1. The zero-order valence-electron chi connectivity index (χ0n) is 12.8. The van der Waals surface area contributed by atoms with Gasteiger partial charge in [0.25, 0.3) is 0 Å². The fourth-order valence-electron chi connectivity index (χ4n) is 1.87. The van der Waals surface area contributed by atoms with Crippen molar-refractivity contribution in [1.29, 1.82) is 0 Å². The summed E-state index contributed by atoms with van der Waals surface area (Å²) in [5.74, 6) is 3.05. The molecule has 1 unspecified atom stereocenters. The molecule has 1 heterocycles. The molecule has 114 valence electrons. The SMILES string of the molecule is C#CCNC(=O)C(C)Sc1nnc(-c2ccc(C)cc2)n1C. The predicted molar refractivity (Wildman–Crippen MR) is 88.3 cm³/mol. The number of aromatic nitrogens is 3. The number of rotatable bonds is 5. The zero-order valence-corrected chi connectivity index (χ0v) is 13.6. The fraction of sp³-hybridized carbons (Fsp3) is 0.312. The molecule has 0 spiro atoms. The topological polar surface area (TPSA) is 59.8 Å². The largest absolute Gasteiger partial charge is 0.344 e. The Morgan fingerprint density at radius 2 is 2.09 bits per heavy atom. The Hall–Kier alpha value is -2.26. The number of hydrogen-bond donors (Lipinski definition) is 1. The first-order valence-electron chi connectivity index (χ1n) is 6.87. The first-order chi connectivity index (χ1) is 10.5. The molecule has 2 rings (SSSR count). The molecule has 1 aromatic carbocycles. The van der Waals surface area contributed by atoms with Crippen LogP contribution in [0.25, 0.3) is 11.4 Å². The average molecular weight is 314 g/mol. The number of amides is 1. The van der Waals surface area contributed by atoms with Crippen molar-refractivity contribution in [2.75, 3.05) is 6.54 Å². The normalized spacial score (nSPS) is 11.7. The van der Waals surface area contributed by atoms with Crippen LogP contribution in [-0.4, -0.2) is 32.5 Å². The van der Waals surface area contributed by atoms with Crippen molar-refractivity contribution in [3.63, 3.8) is 0 Å². The van der Waals surface area contributed by atoms with Crippen molar-refractivity contribution < 1.29 is 4.79 Å². The van der Waals surface area contributed by atoms with E-state index >= 15 is 0 Å². The van der Waals surface area contributed by atoms with E-state index < -0.39 is 0 Å². The van der Waals surface area contributed by atoms with Crippen LogP contribution in [0, 0.1) is 19.3 Å². The van der Waals surface area contributed by atoms with Crippen LogP contribution in [0.4, 0.5) is 0 Å². The van der Waals surface area contributed by atoms with Gasteiger partial charge in [0.1, 0.15) is 0 Å². The van der Waals surface area contributed by atoms with E-state index in [9.17, 15) is 4.79 Å². The molecule has 0 aliphatic rings. The van der Waals surface area contributed by atoms with Gasteiger partial charge in [-0.2, -0.15) is 0 Å². The van der Waals surface area contributed by atoms with Gasteiger partial charge in [0.05, 0.1) is 11.8 Å². The summed E-state index contributed by atoms with van der Waals surface area (Å²) in [5, 5.41) is 11.5. The maximum atomic E-state index is 11.8. The number of nitrogens with one attached hydrogen (secondary N) is 1. The Balaban J connectivity index is 2.13. The van der Waals surface area contributed by atoms with Crippen LogP contribution >= 0.6 is 11.8 Å². The second-order valence-corrected chi connectivity index (χ2v) is 6.22. The maximum absolute atomic E-state index is 11.8. The molecule has 0 fully saturated rings. The lowest BCUT2D eigenvalue weighted by atomic mass is 10.1. The summed E-state index contributed by atoms with van der Waals surface area (Å²) in [6.45, 7) is 4.09. The number of carbonyl (C=O) groups excluding carboxylic acids is 1. The van der Waals surface area contributed by atoms with Crippen LogP contribution in [0.15, 0.2) is 29.4 Å². The highest BCUT2D eigenvalue weighted by Gasteiger charge is 2.18. The molecular formula is C16H18N4OS. The van der Waals surface area contributed by atoms with Crippen LogP contribution in [0.3, 0.4) is 0 Å². The van der Waals surface area contributed by atoms with Crippen molar-refractivity contribution >= 4 is 17.7 Å². The average Bonchev–Trinajstić information content (AvgIpc) is 2.86. The minimum Gasteiger partial charge on any atom is -0.344 e. The van der Waals surface area contributed by atoms with E-state index in [0.29, 0.717) is 5.16 Å². The Morgan fingerprint density at radius 3 is 2.73 bits per heavy atom. The Kier molecular flexibility index (Phi) is 5.23. The molecule has 1 aromatic heterocycles. The Labute approximate surface area is 134 Å². The molecule has 2 aromatic rings. The molecule has 1 amide bonds. The first-order valence-corrected chi connectivity index (χ1v) is 7.75. The summed E-state index contributed by atoms with van der Waals surface area (Å²) in [6, 6.07) is 8.09. The highest BCUT2D eigenvalue weighted by atomic mass is 32.2. The van der Waals surface area contributed by atoms with E-state index in [4.69, 9.17) is 6.42 Å². The summed E-state index contributed by atoms with van der Waals surface area (Å²) >= 11 is 1.36. The molecule has 0 saturated heterocycles. The van der Waals surface area contributed by atoms with Gasteiger partial charge in [0.2, 0.25) is 5.91 Å². The number of benzene rings is 1. The van der Waals surface area contributed by atoms with Crippen molar-refractivity contribution in [3.05, 3.63) is 29.8 Å². The molecule has 0 radical (unpaired) electrons. The first kappa shape index (κ1) is 16.1. The van der Waals surface area contributed by atoms with Gasteiger partial charge in [-0.3, -0.25) is 4.79 Å². The van der Waals surface area contributed by atoms with Gasteiger partial charge in [-0.1, -0.05) is 47.5 Å². The number of hydrogen-bond acceptors (Lipinski definition) is 4. The molecule has 0 aliphatic carbocycles. The predicted octanol–water partition coefficient (Wildman–Crippen LogP) is 2.02. The van der Waals surface area contributed by atoms with Crippen molar-refractivity contribution in [3.8, 4) is 23.7 Å². The molecule has 1 N–H and O–H groups in total. The zero-order chi connectivity index (χ0) is 16.1. The summed E-state index contributed by atoms with van der Waals surface area (Å²) in [5.41, 5.74) is 2.19. The van der Waals surface area contributed by atoms with Gasteiger partial charge < -0.3 is 9.88 Å². The van der Waals surface area contributed by atoms with E-state index in [1.165, 1.54) is 17.3 Å². The standard InChI is InChI=1S/C16H18N4OS/c1-5-10-17-15(21)12(3)22-16-19-18-14(20(16)4)13-8-6-11(2)7-9-13/h1,6-9,12H,10H2,2-4H3,(H,17,21). The van der Waals surface area contributed by atoms with E-state index in [1.807, 2.05) is 49.7 Å². The van der Waals surface area contributed by atoms with Crippen LogP contribution < -0.4 is 5.32 Å². The summed E-state index contributed by atoms with van der Waals surface area (Å²) in [4.78, 5) is 11.8. The molecular weight excluding hydrogens is 296 g/mol.